The molecule has 1 N–H and O–H groups in total. The molecule has 0 saturated heterocycles. The van der Waals surface area contributed by atoms with Crippen LogP contribution in [0.2, 0.25) is 0 Å². The Bertz CT molecular complexity index is 994. The van der Waals surface area contributed by atoms with Gasteiger partial charge in [-0.1, -0.05) is 12.1 Å². The number of ether oxygens (including phenoxy) is 2. The minimum Gasteiger partial charge on any atom is -0.431 e. The van der Waals surface area contributed by atoms with Crippen LogP contribution in [0.1, 0.15) is 45.1 Å². The van der Waals surface area contributed by atoms with Crippen LogP contribution >= 0.6 is 0 Å². The third kappa shape index (κ3) is 4.26. The van der Waals surface area contributed by atoms with Gasteiger partial charge in [0.05, 0.1) is 28.2 Å². The van der Waals surface area contributed by atoms with E-state index in [1.807, 2.05) is 0 Å². The minimum atomic E-state index is -0.879. The second-order valence-electron chi connectivity index (χ2n) is 6.70. The lowest BCUT2D eigenvalue weighted by molar-refractivity contribution is -0.384. The molecule has 1 aromatic heterocycles. The average Bonchev–Trinajstić information content (AvgIpc) is 3.17. The number of nitro groups is 1. The highest BCUT2D eigenvalue weighted by molar-refractivity contribution is 5.75. The zero-order chi connectivity index (χ0) is 21.1. The lowest BCUT2D eigenvalue weighted by Crippen LogP contribution is -2.27. The molecule has 0 spiro atoms. The highest BCUT2D eigenvalue weighted by Crippen LogP contribution is 2.43. The van der Waals surface area contributed by atoms with Crippen molar-refractivity contribution in [1.29, 1.82) is 0 Å². The fourth-order valence-electron chi connectivity index (χ4n) is 3.13. The maximum atomic E-state index is 12.2. The standard InChI is InChI=1S/C19H20N4O6/c1-10(2)28-19(24)29-17-12(4)21-11(3)15(18-22-20-9-27-18)16(17)13-6-5-7-14(8-13)23(25)26/h5-10,16,21H,1-4H3. The van der Waals surface area contributed by atoms with Crippen LogP contribution in [-0.2, 0) is 9.47 Å². The topological polar surface area (TPSA) is 130 Å². The highest BCUT2D eigenvalue weighted by Gasteiger charge is 2.36. The van der Waals surface area contributed by atoms with Crippen LogP contribution < -0.4 is 5.32 Å². The second kappa shape index (κ2) is 8.13. The summed E-state index contributed by atoms with van der Waals surface area (Å²) in [6, 6.07) is 6.08. The second-order valence-corrected chi connectivity index (χ2v) is 6.70. The number of hydrogen-bond acceptors (Lipinski definition) is 9. The van der Waals surface area contributed by atoms with Crippen molar-refractivity contribution in [2.45, 2.75) is 39.7 Å². The summed E-state index contributed by atoms with van der Waals surface area (Å²) in [7, 11) is 0. The molecule has 10 nitrogen and oxygen atoms in total. The molecule has 0 amide bonds. The monoisotopic (exact) mass is 400 g/mol. The molecule has 0 saturated carbocycles. The molecule has 10 heteroatoms. The summed E-state index contributed by atoms with van der Waals surface area (Å²) in [6.07, 6.45) is -0.0707. The number of nitrogens with one attached hydrogen (secondary N) is 1. The maximum absolute atomic E-state index is 12.2. The van der Waals surface area contributed by atoms with Crippen molar-refractivity contribution in [1.82, 2.24) is 15.5 Å². The first-order chi connectivity index (χ1) is 13.8. The van der Waals surface area contributed by atoms with Gasteiger partial charge in [0, 0.05) is 17.8 Å². The molecule has 1 unspecified atom stereocenters. The summed E-state index contributed by atoms with van der Waals surface area (Å²) in [4.78, 5) is 23.0. The predicted molar refractivity (Wildman–Crippen MR) is 101 cm³/mol. The fraction of sp³-hybridized carbons (Fsp3) is 0.316. The van der Waals surface area contributed by atoms with E-state index in [4.69, 9.17) is 13.9 Å². The van der Waals surface area contributed by atoms with E-state index in [1.54, 1.807) is 39.8 Å². The van der Waals surface area contributed by atoms with Gasteiger partial charge in [0.2, 0.25) is 12.3 Å². The van der Waals surface area contributed by atoms with Gasteiger partial charge < -0.3 is 19.2 Å². The summed E-state index contributed by atoms with van der Waals surface area (Å²) in [5.41, 5.74) is 2.22. The van der Waals surface area contributed by atoms with Crippen LogP contribution in [0, 0.1) is 10.1 Å². The Balaban J connectivity index is 2.13. The number of rotatable bonds is 5. The zero-order valence-electron chi connectivity index (χ0n) is 16.3. The molecule has 1 atom stereocenters. The molecule has 3 rings (SSSR count). The Hall–Kier alpha value is -3.69. The molecule has 1 aromatic carbocycles. The van der Waals surface area contributed by atoms with Crippen molar-refractivity contribution in [3.63, 3.8) is 0 Å². The first-order valence-corrected chi connectivity index (χ1v) is 8.85. The minimum absolute atomic E-state index is 0.0923. The Labute approximate surface area is 166 Å². The molecule has 2 heterocycles. The number of benzene rings is 1. The Morgan fingerprint density at radius 3 is 2.69 bits per heavy atom. The molecule has 0 bridgehead atoms. The van der Waals surface area contributed by atoms with Gasteiger partial charge in [-0.3, -0.25) is 10.1 Å². The molecule has 1 aliphatic heterocycles. The van der Waals surface area contributed by atoms with Gasteiger partial charge >= 0.3 is 6.16 Å². The van der Waals surface area contributed by atoms with Gasteiger partial charge in [-0.25, -0.2) is 4.79 Å². The number of carbonyl (C=O) groups is 1. The third-order valence-electron chi connectivity index (χ3n) is 4.23. The van der Waals surface area contributed by atoms with Crippen LogP contribution in [0.15, 0.2) is 52.2 Å². The van der Waals surface area contributed by atoms with Crippen molar-refractivity contribution in [3.05, 3.63) is 69.4 Å². The summed E-state index contributed by atoms with van der Waals surface area (Å²) >= 11 is 0. The molecule has 2 aromatic rings. The average molecular weight is 400 g/mol. The van der Waals surface area contributed by atoms with Crippen LogP contribution in [0.25, 0.3) is 5.57 Å². The van der Waals surface area contributed by atoms with E-state index < -0.39 is 17.0 Å². The molecule has 0 radical (unpaired) electrons. The smallest absolute Gasteiger partial charge is 0.431 e. The molecule has 0 aliphatic carbocycles. The highest BCUT2D eigenvalue weighted by atomic mass is 16.7. The van der Waals surface area contributed by atoms with Gasteiger partial charge in [0.1, 0.15) is 5.76 Å². The van der Waals surface area contributed by atoms with Gasteiger partial charge in [-0.15, -0.1) is 10.2 Å². The number of aromatic nitrogens is 2. The van der Waals surface area contributed by atoms with Crippen LogP contribution in [0.4, 0.5) is 10.5 Å². The first-order valence-electron chi connectivity index (χ1n) is 8.85. The predicted octanol–water partition coefficient (Wildman–Crippen LogP) is 3.89. The van der Waals surface area contributed by atoms with E-state index in [9.17, 15) is 14.9 Å². The van der Waals surface area contributed by atoms with Crippen LogP contribution in [-0.4, -0.2) is 27.4 Å². The Kier molecular flexibility index (Phi) is 5.62. The lowest BCUT2D eigenvalue weighted by Gasteiger charge is -2.30. The van der Waals surface area contributed by atoms with Crippen LogP contribution in [0.3, 0.4) is 0 Å². The number of non-ortho nitro benzene ring substituents is 1. The quantitative estimate of drug-likeness (QED) is 0.451. The number of nitro benzene ring substituents is 1. The molecule has 29 heavy (non-hydrogen) atoms. The largest absolute Gasteiger partial charge is 0.513 e. The van der Waals surface area contributed by atoms with Crippen LogP contribution in [0.5, 0.6) is 0 Å². The molecule has 152 valence electrons. The lowest BCUT2D eigenvalue weighted by atomic mass is 9.85. The maximum Gasteiger partial charge on any atom is 0.513 e. The van der Waals surface area contributed by atoms with Gasteiger partial charge in [0.25, 0.3) is 5.69 Å². The van der Waals surface area contributed by atoms with E-state index in [1.165, 1.54) is 18.5 Å². The molecular formula is C19H20N4O6. The van der Waals surface area contributed by atoms with Crippen molar-refractivity contribution >= 4 is 17.4 Å². The summed E-state index contributed by atoms with van der Waals surface area (Å²) in [6.45, 7) is 6.94. The SMILES string of the molecule is CC1=C(OC(=O)OC(C)C)C(c2cccc([N+](=O)[O-])c2)C(c2nnco2)=C(C)N1. The molecular weight excluding hydrogens is 380 g/mol. The van der Waals surface area contributed by atoms with E-state index in [2.05, 4.69) is 15.5 Å². The number of carbonyl (C=O) groups excluding carboxylic acids is 1. The third-order valence-corrected chi connectivity index (χ3v) is 4.23. The first kappa shape index (κ1) is 20.1. The van der Waals surface area contributed by atoms with Crippen molar-refractivity contribution < 1.29 is 23.6 Å². The molecule has 0 fully saturated rings. The van der Waals surface area contributed by atoms with E-state index >= 15 is 0 Å². The van der Waals surface area contributed by atoms with E-state index in [-0.39, 0.29) is 23.4 Å². The van der Waals surface area contributed by atoms with Gasteiger partial charge in [0.15, 0.2) is 0 Å². The summed E-state index contributed by atoms with van der Waals surface area (Å²) in [5.74, 6) is -0.261. The molecule has 1 aliphatic rings. The summed E-state index contributed by atoms with van der Waals surface area (Å²) < 4.78 is 16.0. The normalized spacial score (nSPS) is 16.7. The summed E-state index contributed by atoms with van der Waals surface area (Å²) in [5, 5.41) is 22.1. The van der Waals surface area contributed by atoms with Crippen molar-refractivity contribution in [2.75, 3.05) is 0 Å². The number of hydrogen-bond donors (Lipinski definition) is 1. The number of allylic oxidation sites excluding steroid dienone is 3. The van der Waals surface area contributed by atoms with Gasteiger partial charge in [-0.05, 0) is 33.3 Å². The Morgan fingerprint density at radius 2 is 2.07 bits per heavy atom. The van der Waals surface area contributed by atoms with E-state index in [0.717, 1.165) is 0 Å². The van der Waals surface area contributed by atoms with Crippen molar-refractivity contribution in [3.8, 4) is 0 Å². The van der Waals surface area contributed by atoms with Gasteiger partial charge in [-0.2, -0.15) is 0 Å². The van der Waals surface area contributed by atoms with E-state index in [0.29, 0.717) is 22.5 Å². The zero-order valence-corrected chi connectivity index (χ0v) is 16.3. The Morgan fingerprint density at radius 1 is 1.31 bits per heavy atom. The fourth-order valence-corrected chi connectivity index (χ4v) is 3.13. The van der Waals surface area contributed by atoms with Crippen molar-refractivity contribution in [2.24, 2.45) is 0 Å². The number of nitrogens with zero attached hydrogens (tertiary/aromatic N) is 3. The number of dihydropyridines is 1.